The second-order valence-electron chi connectivity index (χ2n) is 11.0. The van der Waals surface area contributed by atoms with Crippen LogP contribution in [0.15, 0.2) is 66.6 Å². The van der Waals surface area contributed by atoms with Gasteiger partial charge in [-0.3, -0.25) is 9.78 Å². The van der Waals surface area contributed by atoms with E-state index in [2.05, 4.69) is 65.4 Å². The average molecular weight is 660 g/mol. The van der Waals surface area contributed by atoms with Gasteiger partial charge in [0.05, 0.1) is 5.52 Å². The monoisotopic (exact) mass is 660 g/mol. The van der Waals surface area contributed by atoms with Gasteiger partial charge in [-0.05, 0) is 41.6 Å². The first-order valence-corrected chi connectivity index (χ1v) is 11.9. The Morgan fingerprint density at radius 1 is 0.889 bits per heavy atom. The van der Waals surface area contributed by atoms with Crippen LogP contribution >= 0.6 is 0 Å². The molecular weight excluding hydrogens is 625 g/mol. The Morgan fingerprint density at radius 2 is 1.56 bits per heavy atom. The van der Waals surface area contributed by atoms with E-state index in [9.17, 15) is 9.90 Å². The molecule has 5 heteroatoms. The molecule has 0 bridgehead atoms. The minimum Gasteiger partial charge on any atom is -0.512 e. The molecule has 0 unspecified atom stereocenters. The van der Waals surface area contributed by atoms with Crippen molar-refractivity contribution in [3.8, 4) is 11.3 Å². The van der Waals surface area contributed by atoms with Crippen LogP contribution in [0.4, 0.5) is 0 Å². The summed E-state index contributed by atoms with van der Waals surface area (Å²) in [6.07, 6.45) is 3.20. The van der Waals surface area contributed by atoms with E-state index in [0.29, 0.717) is 0 Å². The summed E-state index contributed by atoms with van der Waals surface area (Å²) in [5, 5.41) is 13.1. The SMILES string of the molecule is CC(C)(C)C(=O)/C=C(\O)C(C)(C)C.Cc1cc[c-]c(-c2nccc3c2ccc2nc(C)ccc23)c1.[Ir]. The number of hydrogen-bond acceptors (Lipinski definition) is 4. The first-order valence-electron chi connectivity index (χ1n) is 11.9. The Labute approximate surface area is 228 Å². The number of benzene rings is 2. The molecule has 2 aromatic heterocycles. The van der Waals surface area contributed by atoms with E-state index in [1.807, 2.05) is 60.7 Å². The first kappa shape index (κ1) is 29.4. The maximum Gasteiger partial charge on any atom is 0.164 e. The normalized spacial score (nSPS) is 12.1. The number of aryl methyl sites for hydroxylation is 2. The van der Waals surface area contributed by atoms with Gasteiger partial charge in [0.1, 0.15) is 5.76 Å². The van der Waals surface area contributed by atoms with Crippen molar-refractivity contribution in [3.63, 3.8) is 0 Å². The van der Waals surface area contributed by atoms with Crippen LogP contribution in [0.2, 0.25) is 0 Å². The minimum absolute atomic E-state index is 0. The number of aliphatic hydroxyl groups excluding tert-OH is 1. The number of hydrogen-bond donors (Lipinski definition) is 1. The molecule has 0 aliphatic heterocycles. The Bertz CT molecular complexity index is 1410. The van der Waals surface area contributed by atoms with E-state index in [4.69, 9.17) is 0 Å². The van der Waals surface area contributed by atoms with Crippen LogP contribution in [-0.4, -0.2) is 20.9 Å². The molecule has 4 rings (SSSR count). The summed E-state index contributed by atoms with van der Waals surface area (Å²) < 4.78 is 0. The van der Waals surface area contributed by atoms with E-state index in [-0.39, 0.29) is 37.1 Å². The van der Waals surface area contributed by atoms with E-state index >= 15 is 0 Å². The third-order valence-electron chi connectivity index (χ3n) is 5.74. The van der Waals surface area contributed by atoms with Crippen molar-refractivity contribution in [2.24, 2.45) is 10.8 Å². The summed E-state index contributed by atoms with van der Waals surface area (Å²) in [6.45, 7) is 15.2. The number of aromatic nitrogens is 2. The van der Waals surface area contributed by atoms with E-state index in [1.165, 1.54) is 22.4 Å². The molecule has 0 saturated carbocycles. The molecule has 0 amide bonds. The number of allylic oxidation sites excluding steroid dienone is 2. The molecule has 0 spiro atoms. The standard InChI is InChI=1S/C20H15N2.C11H20O2.Ir/c1-13-4-3-5-15(12-13)20-18-8-9-19-17(7-6-14(2)22-19)16(18)10-11-21-20;1-10(2,3)8(12)7-9(13)11(4,5)6;/h3-4,6-12H,1-2H3;7,12H,1-6H3;/q-1;;/b;8-7-;. The molecule has 0 fully saturated rings. The van der Waals surface area contributed by atoms with Gasteiger partial charge in [0.25, 0.3) is 0 Å². The van der Waals surface area contributed by atoms with Crippen LogP contribution in [0.1, 0.15) is 52.8 Å². The van der Waals surface area contributed by atoms with Crippen molar-refractivity contribution in [1.29, 1.82) is 0 Å². The fourth-order valence-electron chi connectivity index (χ4n) is 3.46. The third kappa shape index (κ3) is 7.09. The average Bonchev–Trinajstić information content (AvgIpc) is 2.77. The minimum atomic E-state index is -0.417. The van der Waals surface area contributed by atoms with Crippen molar-refractivity contribution in [2.45, 2.75) is 55.4 Å². The molecule has 191 valence electrons. The van der Waals surface area contributed by atoms with Crippen molar-refractivity contribution in [3.05, 3.63) is 83.9 Å². The maximum atomic E-state index is 11.5. The predicted molar refractivity (Wildman–Crippen MR) is 145 cm³/mol. The van der Waals surface area contributed by atoms with Crippen LogP contribution in [0.3, 0.4) is 0 Å². The van der Waals surface area contributed by atoms with Crippen molar-refractivity contribution in [1.82, 2.24) is 9.97 Å². The quantitative estimate of drug-likeness (QED) is 0.103. The fourth-order valence-corrected chi connectivity index (χ4v) is 3.46. The molecule has 1 radical (unpaired) electrons. The Morgan fingerprint density at radius 3 is 2.17 bits per heavy atom. The van der Waals surface area contributed by atoms with Gasteiger partial charge >= 0.3 is 0 Å². The number of carbonyl (C=O) groups is 1. The largest absolute Gasteiger partial charge is 0.512 e. The summed E-state index contributed by atoms with van der Waals surface area (Å²) in [4.78, 5) is 20.7. The molecule has 2 aromatic carbocycles. The van der Waals surface area contributed by atoms with Crippen LogP contribution < -0.4 is 0 Å². The number of ketones is 1. The molecule has 1 N–H and O–H groups in total. The van der Waals surface area contributed by atoms with Crippen LogP contribution in [0.25, 0.3) is 32.9 Å². The predicted octanol–water partition coefficient (Wildman–Crippen LogP) is 7.95. The van der Waals surface area contributed by atoms with E-state index < -0.39 is 5.41 Å². The number of nitrogens with zero attached hydrogens (tertiary/aromatic N) is 2. The van der Waals surface area contributed by atoms with E-state index in [1.54, 1.807) is 0 Å². The van der Waals surface area contributed by atoms with Gasteiger partial charge in [-0.15, -0.1) is 35.4 Å². The fraction of sp³-hybridized carbons (Fsp3) is 0.323. The molecule has 2 heterocycles. The van der Waals surface area contributed by atoms with Crippen molar-refractivity contribution >= 4 is 27.5 Å². The Kier molecular flexibility index (Phi) is 9.34. The molecule has 0 atom stereocenters. The zero-order chi connectivity index (χ0) is 26.0. The van der Waals surface area contributed by atoms with Crippen LogP contribution in [0.5, 0.6) is 0 Å². The molecule has 4 nitrogen and oxygen atoms in total. The van der Waals surface area contributed by atoms with Crippen LogP contribution in [-0.2, 0) is 24.9 Å². The molecule has 0 aliphatic rings. The van der Waals surface area contributed by atoms with Gasteiger partial charge in [-0.1, -0.05) is 60.6 Å². The summed E-state index contributed by atoms with van der Waals surface area (Å²) in [7, 11) is 0. The number of rotatable bonds is 2. The molecule has 0 saturated heterocycles. The number of pyridine rings is 2. The van der Waals surface area contributed by atoms with Gasteiger partial charge < -0.3 is 10.1 Å². The molecule has 4 aromatic rings. The molecule has 36 heavy (non-hydrogen) atoms. The van der Waals surface area contributed by atoms with Gasteiger partial charge in [-0.2, -0.15) is 0 Å². The number of fused-ring (bicyclic) bond motifs is 3. The number of aliphatic hydroxyl groups is 1. The summed E-state index contributed by atoms with van der Waals surface area (Å²) in [6, 6.07) is 19.9. The smallest absolute Gasteiger partial charge is 0.164 e. The first-order chi connectivity index (χ1) is 16.3. The van der Waals surface area contributed by atoms with Crippen molar-refractivity contribution < 1.29 is 30.0 Å². The summed E-state index contributed by atoms with van der Waals surface area (Å²) in [5.41, 5.74) is 4.52. The summed E-state index contributed by atoms with van der Waals surface area (Å²) in [5.74, 6) is 0.104. The molecule has 0 aliphatic carbocycles. The maximum absolute atomic E-state index is 11.5. The van der Waals surface area contributed by atoms with E-state index in [0.717, 1.165) is 27.9 Å². The number of carbonyl (C=O) groups excluding carboxylic acids is 1. The zero-order valence-corrected chi connectivity index (χ0v) is 24.8. The van der Waals surface area contributed by atoms with Crippen molar-refractivity contribution in [2.75, 3.05) is 0 Å². The van der Waals surface area contributed by atoms with Gasteiger partial charge in [0, 0.05) is 54.3 Å². The Hall–Kier alpha value is -2.88. The Balaban J connectivity index is 0.000000285. The second-order valence-corrected chi connectivity index (χ2v) is 11.0. The van der Waals surface area contributed by atoms with Gasteiger partial charge in [-0.25, -0.2) is 0 Å². The topological polar surface area (TPSA) is 63.1 Å². The van der Waals surface area contributed by atoms with Gasteiger partial charge in [0.2, 0.25) is 0 Å². The zero-order valence-electron chi connectivity index (χ0n) is 22.4. The second kappa shape index (κ2) is 11.5. The van der Waals surface area contributed by atoms with Gasteiger partial charge in [0.15, 0.2) is 5.78 Å². The molecular formula is C31H35IrN2O2-. The third-order valence-corrected chi connectivity index (χ3v) is 5.74. The summed E-state index contributed by atoms with van der Waals surface area (Å²) >= 11 is 0. The van der Waals surface area contributed by atoms with Crippen LogP contribution in [0, 0.1) is 30.7 Å².